The third-order valence-electron chi connectivity index (χ3n) is 3.50. The minimum absolute atomic E-state index is 0.534. The maximum atomic E-state index is 11.3. The summed E-state index contributed by atoms with van der Waals surface area (Å²) in [5.41, 5.74) is 0.337. The summed E-state index contributed by atoms with van der Waals surface area (Å²) in [6.07, 6.45) is 0.669. The van der Waals surface area contributed by atoms with Gasteiger partial charge in [0.25, 0.3) is 0 Å². The largest absolute Gasteiger partial charge is 0.492 e. The molecule has 0 bridgehead atoms. The molecule has 0 radical (unpaired) electrons. The summed E-state index contributed by atoms with van der Waals surface area (Å²) in [7, 11) is 0. The summed E-state index contributed by atoms with van der Waals surface area (Å²) in [5.74, 6) is 0.105. The normalized spacial score (nSPS) is 23.1. The molecule has 1 aromatic rings. The van der Waals surface area contributed by atoms with Gasteiger partial charge in [0.2, 0.25) is 0 Å². The minimum Gasteiger partial charge on any atom is -0.492 e. The molecule has 18 heavy (non-hydrogen) atoms. The number of para-hydroxylation sites is 2. The van der Waals surface area contributed by atoms with E-state index in [1.807, 2.05) is 31.2 Å². The molecule has 1 aromatic carbocycles. The number of hydrogen-bond acceptors (Lipinski definition) is 3. The van der Waals surface area contributed by atoms with Crippen LogP contribution in [0.2, 0.25) is 0 Å². The second-order valence-corrected chi connectivity index (χ2v) is 4.94. The number of rotatable bonds is 4. The molecule has 1 saturated heterocycles. The van der Waals surface area contributed by atoms with Gasteiger partial charge in [-0.05, 0) is 32.4 Å². The molecule has 1 atom stereocenters. The number of carbonyl (C=O) groups is 1. The monoisotopic (exact) mass is 249 g/mol. The van der Waals surface area contributed by atoms with Crippen molar-refractivity contribution in [1.82, 2.24) is 0 Å². The zero-order chi connectivity index (χ0) is 13.2. The molecule has 2 rings (SSSR count). The van der Waals surface area contributed by atoms with E-state index in [9.17, 15) is 9.90 Å². The van der Waals surface area contributed by atoms with Crippen molar-refractivity contribution in [2.45, 2.75) is 20.3 Å². The first-order valence-corrected chi connectivity index (χ1v) is 6.27. The highest BCUT2D eigenvalue weighted by Gasteiger charge is 2.41. The van der Waals surface area contributed by atoms with Gasteiger partial charge in [-0.15, -0.1) is 0 Å². The van der Waals surface area contributed by atoms with E-state index in [1.165, 1.54) is 0 Å². The van der Waals surface area contributed by atoms with Gasteiger partial charge in [0.1, 0.15) is 5.75 Å². The van der Waals surface area contributed by atoms with Gasteiger partial charge in [-0.3, -0.25) is 4.79 Å². The molecule has 98 valence electrons. The van der Waals surface area contributed by atoms with Crippen LogP contribution in [0.1, 0.15) is 20.3 Å². The van der Waals surface area contributed by atoms with Crippen molar-refractivity contribution in [2.24, 2.45) is 5.41 Å². The topological polar surface area (TPSA) is 49.8 Å². The van der Waals surface area contributed by atoms with Crippen LogP contribution in [0.3, 0.4) is 0 Å². The van der Waals surface area contributed by atoms with E-state index < -0.39 is 11.4 Å². The zero-order valence-corrected chi connectivity index (χ0v) is 10.8. The molecule has 1 aliphatic heterocycles. The van der Waals surface area contributed by atoms with E-state index in [0.29, 0.717) is 19.6 Å². The second-order valence-electron chi connectivity index (χ2n) is 4.94. The summed E-state index contributed by atoms with van der Waals surface area (Å²) in [5, 5.41) is 9.25. The second kappa shape index (κ2) is 4.88. The highest BCUT2D eigenvalue weighted by atomic mass is 16.5. The van der Waals surface area contributed by atoms with Gasteiger partial charge in [-0.25, -0.2) is 0 Å². The average Bonchev–Trinajstić information content (AvgIpc) is 2.74. The number of carboxylic acid groups (broad SMARTS) is 1. The quantitative estimate of drug-likeness (QED) is 0.890. The van der Waals surface area contributed by atoms with Gasteiger partial charge in [-0.2, -0.15) is 0 Å². The molecule has 1 unspecified atom stereocenters. The molecule has 0 aliphatic carbocycles. The lowest BCUT2D eigenvalue weighted by Crippen LogP contribution is -2.31. The van der Waals surface area contributed by atoms with Gasteiger partial charge in [0.05, 0.1) is 17.7 Å². The minimum atomic E-state index is -0.723. The Bertz CT molecular complexity index is 446. The number of benzene rings is 1. The molecule has 1 aliphatic rings. The lowest BCUT2D eigenvalue weighted by atomic mass is 9.90. The van der Waals surface area contributed by atoms with Crippen LogP contribution in [-0.4, -0.2) is 30.8 Å². The van der Waals surface area contributed by atoms with Crippen molar-refractivity contribution < 1.29 is 14.6 Å². The average molecular weight is 249 g/mol. The molecule has 0 spiro atoms. The Morgan fingerprint density at radius 2 is 2.22 bits per heavy atom. The number of anilines is 1. The molecule has 4 nitrogen and oxygen atoms in total. The third-order valence-corrected chi connectivity index (χ3v) is 3.50. The third kappa shape index (κ3) is 2.28. The Morgan fingerprint density at radius 3 is 2.83 bits per heavy atom. The summed E-state index contributed by atoms with van der Waals surface area (Å²) < 4.78 is 5.59. The lowest BCUT2D eigenvalue weighted by molar-refractivity contribution is -0.146. The first-order chi connectivity index (χ1) is 8.57. The predicted octanol–water partition coefficient (Wildman–Crippen LogP) is 2.39. The summed E-state index contributed by atoms with van der Waals surface area (Å²) in [4.78, 5) is 13.3. The molecule has 0 amide bonds. The fourth-order valence-electron chi connectivity index (χ4n) is 2.34. The number of ether oxygens (including phenoxy) is 1. The first kappa shape index (κ1) is 12.7. The maximum absolute atomic E-state index is 11.3. The van der Waals surface area contributed by atoms with Crippen LogP contribution in [0, 0.1) is 5.41 Å². The Labute approximate surface area is 107 Å². The van der Waals surface area contributed by atoms with Crippen molar-refractivity contribution in [3.8, 4) is 5.75 Å². The van der Waals surface area contributed by atoms with Crippen LogP contribution >= 0.6 is 0 Å². The lowest BCUT2D eigenvalue weighted by Gasteiger charge is -2.23. The number of hydrogen-bond donors (Lipinski definition) is 1. The van der Waals surface area contributed by atoms with E-state index in [2.05, 4.69) is 4.90 Å². The van der Waals surface area contributed by atoms with Crippen LogP contribution in [-0.2, 0) is 4.79 Å². The fraction of sp³-hybridized carbons (Fsp3) is 0.500. The van der Waals surface area contributed by atoms with Crippen molar-refractivity contribution in [2.75, 3.05) is 24.6 Å². The van der Waals surface area contributed by atoms with Gasteiger partial charge in [-0.1, -0.05) is 12.1 Å². The molecule has 1 fully saturated rings. The molecular weight excluding hydrogens is 230 g/mol. The fourth-order valence-corrected chi connectivity index (χ4v) is 2.34. The molecule has 0 aromatic heterocycles. The highest BCUT2D eigenvalue weighted by Crippen LogP contribution is 2.37. The van der Waals surface area contributed by atoms with Gasteiger partial charge >= 0.3 is 5.97 Å². The van der Waals surface area contributed by atoms with Crippen molar-refractivity contribution >= 4 is 11.7 Å². The molecular formula is C14H19NO3. The van der Waals surface area contributed by atoms with E-state index in [0.717, 1.165) is 18.0 Å². The Balaban J connectivity index is 2.21. The standard InChI is InChI=1S/C14H19NO3/c1-3-18-12-7-5-4-6-11(12)15-9-8-14(2,10-15)13(16)17/h4-7H,3,8-10H2,1-2H3,(H,16,17). The number of aliphatic carboxylic acids is 1. The van der Waals surface area contributed by atoms with Gasteiger partial charge < -0.3 is 14.7 Å². The SMILES string of the molecule is CCOc1ccccc1N1CCC(C)(C(=O)O)C1. The smallest absolute Gasteiger partial charge is 0.311 e. The van der Waals surface area contributed by atoms with Crippen LogP contribution in [0.25, 0.3) is 0 Å². The molecule has 1 heterocycles. The van der Waals surface area contributed by atoms with E-state index in [4.69, 9.17) is 4.74 Å². The zero-order valence-electron chi connectivity index (χ0n) is 10.8. The highest BCUT2D eigenvalue weighted by molar-refractivity contribution is 5.76. The molecule has 0 saturated carbocycles. The van der Waals surface area contributed by atoms with E-state index in [1.54, 1.807) is 6.92 Å². The van der Waals surface area contributed by atoms with Crippen molar-refractivity contribution in [3.63, 3.8) is 0 Å². The first-order valence-electron chi connectivity index (χ1n) is 6.27. The Morgan fingerprint density at radius 1 is 1.50 bits per heavy atom. The summed E-state index contributed by atoms with van der Waals surface area (Å²) in [6.45, 7) is 5.65. The van der Waals surface area contributed by atoms with Crippen LogP contribution in [0.5, 0.6) is 5.75 Å². The van der Waals surface area contributed by atoms with E-state index in [-0.39, 0.29) is 0 Å². The van der Waals surface area contributed by atoms with Gasteiger partial charge in [0.15, 0.2) is 0 Å². The van der Waals surface area contributed by atoms with Gasteiger partial charge in [0, 0.05) is 13.1 Å². The van der Waals surface area contributed by atoms with Crippen molar-refractivity contribution in [1.29, 1.82) is 0 Å². The van der Waals surface area contributed by atoms with Crippen LogP contribution in [0.15, 0.2) is 24.3 Å². The van der Waals surface area contributed by atoms with Crippen LogP contribution in [0.4, 0.5) is 5.69 Å². The number of nitrogens with zero attached hydrogens (tertiary/aromatic N) is 1. The summed E-state index contributed by atoms with van der Waals surface area (Å²) in [6, 6.07) is 7.79. The summed E-state index contributed by atoms with van der Waals surface area (Å²) >= 11 is 0. The Kier molecular flexibility index (Phi) is 3.45. The molecule has 4 heteroatoms. The van der Waals surface area contributed by atoms with Crippen molar-refractivity contribution in [3.05, 3.63) is 24.3 Å². The number of carboxylic acids is 1. The predicted molar refractivity (Wildman–Crippen MR) is 70.2 cm³/mol. The maximum Gasteiger partial charge on any atom is 0.311 e. The van der Waals surface area contributed by atoms with Crippen LogP contribution < -0.4 is 9.64 Å². The molecule has 1 N–H and O–H groups in total. The Hall–Kier alpha value is -1.71. The van der Waals surface area contributed by atoms with E-state index >= 15 is 0 Å².